The second-order valence-corrected chi connectivity index (χ2v) is 5.04. The average molecular weight is 245 g/mol. The predicted molar refractivity (Wildman–Crippen MR) is 76.9 cm³/mol. The molecule has 0 atom stereocenters. The zero-order valence-corrected chi connectivity index (χ0v) is 11.6. The van der Waals surface area contributed by atoms with Crippen molar-refractivity contribution in [1.29, 1.82) is 0 Å². The van der Waals surface area contributed by atoms with E-state index in [1.165, 1.54) is 29.5 Å². The van der Waals surface area contributed by atoms with E-state index in [9.17, 15) is 0 Å². The summed E-state index contributed by atoms with van der Waals surface area (Å²) < 4.78 is 0. The zero-order valence-electron chi connectivity index (χ0n) is 11.6. The molecule has 1 saturated carbocycles. The quantitative estimate of drug-likeness (QED) is 0.631. The maximum atomic E-state index is 4.65. The molecular weight excluding hydrogens is 222 g/mol. The molecular formula is C15H23N3. The molecule has 0 amide bonds. The van der Waals surface area contributed by atoms with E-state index in [1.54, 1.807) is 0 Å². The number of rotatable bonds is 4. The molecule has 0 bridgehead atoms. The molecule has 1 aromatic carbocycles. The van der Waals surface area contributed by atoms with Crippen LogP contribution in [-0.4, -0.2) is 18.5 Å². The summed E-state index contributed by atoms with van der Waals surface area (Å²) in [5, 5.41) is 6.73. The van der Waals surface area contributed by atoms with Gasteiger partial charge in [0.25, 0.3) is 0 Å². The number of benzene rings is 1. The van der Waals surface area contributed by atoms with E-state index >= 15 is 0 Å². The first kappa shape index (κ1) is 12.9. The van der Waals surface area contributed by atoms with Crippen molar-refractivity contribution >= 4 is 5.96 Å². The first-order valence-corrected chi connectivity index (χ1v) is 6.80. The van der Waals surface area contributed by atoms with Crippen LogP contribution in [0, 0.1) is 13.8 Å². The van der Waals surface area contributed by atoms with Gasteiger partial charge in [-0.05, 0) is 44.7 Å². The van der Waals surface area contributed by atoms with Crippen molar-refractivity contribution in [3.8, 4) is 0 Å². The molecule has 0 radical (unpaired) electrons. The highest BCUT2D eigenvalue weighted by Gasteiger charge is 2.21. The maximum Gasteiger partial charge on any atom is 0.191 e. The number of guanidine groups is 1. The topological polar surface area (TPSA) is 36.4 Å². The highest BCUT2D eigenvalue weighted by Crippen LogP contribution is 2.18. The molecule has 0 aliphatic heterocycles. The van der Waals surface area contributed by atoms with Crippen LogP contribution in [0.2, 0.25) is 0 Å². The van der Waals surface area contributed by atoms with Crippen LogP contribution in [0.15, 0.2) is 23.2 Å². The van der Waals surface area contributed by atoms with E-state index in [0.29, 0.717) is 6.04 Å². The van der Waals surface area contributed by atoms with Crippen molar-refractivity contribution in [2.75, 3.05) is 6.54 Å². The van der Waals surface area contributed by atoms with Gasteiger partial charge in [0.2, 0.25) is 0 Å². The van der Waals surface area contributed by atoms with Crippen LogP contribution in [0.1, 0.15) is 36.5 Å². The van der Waals surface area contributed by atoms with Gasteiger partial charge < -0.3 is 10.6 Å². The first-order chi connectivity index (χ1) is 8.69. The third-order valence-electron chi connectivity index (χ3n) is 3.17. The van der Waals surface area contributed by atoms with E-state index in [4.69, 9.17) is 0 Å². The minimum absolute atomic E-state index is 0.641. The molecule has 2 N–H and O–H groups in total. The van der Waals surface area contributed by atoms with E-state index in [0.717, 1.165) is 19.0 Å². The number of aliphatic imine (C=N–C) groups is 1. The molecule has 3 heteroatoms. The Bertz CT molecular complexity index is 433. The van der Waals surface area contributed by atoms with Crippen LogP contribution in [0.5, 0.6) is 0 Å². The SMILES string of the molecule is CCNC(=NCc1ccc(C)cc1C)NC1CC1. The fourth-order valence-corrected chi connectivity index (χ4v) is 1.93. The van der Waals surface area contributed by atoms with Gasteiger partial charge in [-0.2, -0.15) is 0 Å². The molecule has 0 saturated heterocycles. The number of hydrogen-bond donors (Lipinski definition) is 2. The molecule has 98 valence electrons. The van der Waals surface area contributed by atoms with Crippen molar-refractivity contribution in [3.05, 3.63) is 34.9 Å². The maximum absolute atomic E-state index is 4.65. The third-order valence-corrected chi connectivity index (χ3v) is 3.17. The normalized spacial score (nSPS) is 15.6. The van der Waals surface area contributed by atoms with Crippen molar-refractivity contribution in [3.63, 3.8) is 0 Å². The molecule has 18 heavy (non-hydrogen) atoms. The summed E-state index contributed by atoms with van der Waals surface area (Å²) >= 11 is 0. The summed E-state index contributed by atoms with van der Waals surface area (Å²) in [4.78, 5) is 4.65. The van der Waals surface area contributed by atoms with Crippen molar-refractivity contribution in [2.24, 2.45) is 4.99 Å². The highest BCUT2D eigenvalue weighted by molar-refractivity contribution is 5.80. The Morgan fingerprint density at radius 2 is 2.11 bits per heavy atom. The molecule has 1 aliphatic rings. The van der Waals surface area contributed by atoms with Crippen LogP contribution >= 0.6 is 0 Å². The molecule has 0 spiro atoms. The minimum atomic E-state index is 0.641. The summed E-state index contributed by atoms with van der Waals surface area (Å²) in [5.41, 5.74) is 3.93. The Morgan fingerprint density at radius 1 is 1.33 bits per heavy atom. The van der Waals surface area contributed by atoms with Gasteiger partial charge in [0, 0.05) is 12.6 Å². The fourth-order valence-electron chi connectivity index (χ4n) is 1.93. The van der Waals surface area contributed by atoms with Crippen LogP contribution in [-0.2, 0) is 6.54 Å². The lowest BCUT2D eigenvalue weighted by Gasteiger charge is -2.11. The number of aryl methyl sites for hydroxylation is 2. The van der Waals surface area contributed by atoms with Gasteiger partial charge in [0.05, 0.1) is 6.54 Å². The van der Waals surface area contributed by atoms with Gasteiger partial charge in [-0.3, -0.25) is 0 Å². The monoisotopic (exact) mass is 245 g/mol. The van der Waals surface area contributed by atoms with Gasteiger partial charge in [-0.1, -0.05) is 23.8 Å². The largest absolute Gasteiger partial charge is 0.357 e. The van der Waals surface area contributed by atoms with Gasteiger partial charge in [-0.25, -0.2) is 4.99 Å². The van der Waals surface area contributed by atoms with E-state index < -0.39 is 0 Å². The zero-order chi connectivity index (χ0) is 13.0. The standard InChI is InChI=1S/C15H23N3/c1-4-16-15(18-14-7-8-14)17-10-13-6-5-11(2)9-12(13)3/h5-6,9,14H,4,7-8,10H2,1-3H3,(H2,16,17,18). The van der Waals surface area contributed by atoms with Crippen molar-refractivity contribution in [2.45, 2.75) is 46.2 Å². The van der Waals surface area contributed by atoms with E-state index in [2.05, 4.69) is 54.6 Å². The Labute approximate surface area is 110 Å². The lowest BCUT2D eigenvalue weighted by molar-refractivity contribution is 0.811. The average Bonchev–Trinajstić information content (AvgIpc) is 3.12. The predicted octanol–water partition coefficient (Wildman–Crippen LogP) is 2.52. The van der Waals surface area contributed by atoms with E-state index in [1.807, 2.05) is 0 Å². The van der Waals surface area contributed by atoms with Crippen molar-refractivity contribution in [1.82, 2.24) is 10.6 Å². The lowest BCUT2D eigenvalue weighted by atomic mass is 10.1. The summed E-state index contributed by atoms with van der Waals surface area (Å²) in [6.45, 7) is 8.03. The second-order valence-electron chi connectivity index (χ2n) is 5.04. The Hall–Kier alpha value is -1.51. The molecule has 3 nitrogen and oxygen atoms in total. The van der Waals surface area contributed by atoms with Gasteiger partial charge in [0.1, 0.15) is 0 Å². The first-order valence-electron chi connectivity index (χ1n) is 6.80. The number of hydrogen-bond acceptors (Lipinski definition) is 1. The van der Waals surface area contributed by atoms with Crippen LogP contribution in [0.3, 0.4) is 0 Å². The Morgan fingerprint density at radius 3 is 2.72 bits per heavy atom. The van der Waals surface area contributed by atoms with Gasteiger partial charge >= 0.3 is 0 Å². The Balaban J connectivity index is 2.00. The van der Waals surface area contributed by atoms with Crippen molar-refractivity contribution < 1.29 is 0 Å². The summed E-state index contributed by atoms with van der Waals surface area (Å²) in [6, 6.07) is 7.18. The molecule has 2 rings (SSSR count). The third kappa shape index (κ3) is 3.76. The molecule has 1 aliphatic carbocycles. The summed E-state index contributed by atoms with van der Waals surface area (Å²) in [5.74, 6) is 0.944. The summed E-state index contributed by atoms with van der Waals surface area (Å²) in [7, 11) is 0. The van der Waals surface area contributed by atoms with Crippen LogP contribution in [0.25, 0.3) is 0 Å². The number of nitrogens with zero attached hydrogens (tertiary/aromatic N) is 1. The van der Waals surface area contributed by atoms with Crippen LogP contribution in [0.4, 0.5) is 0 Å². The molecule has 0 unspecified atom stereocenters. The van der Waals surface area contributed by atoms with E-state index in [-0.39, 0.29) is 0 Å². The number of nitrogens with one attached hydrogen (secondary N) is 2. The van der Waals surface area contributed by atoms with Gasteiger partial charge in [-0.15, -0.1) is 0 Å². The second kappa shape index (κ2) is 5.89. The molecule has 1 fully saturated rings. The molecule has 0 aromatic heterocycles. The highest BCUT2D eigenvalue weighted by atomic mass is 15.2. The van der Waals surface area contributed by atoms with Crippen LogP contribution < -0.4 is 10.6 Å². The smallest absolute Gasteiger partial charge is 0.191 e. The van der Waals surface area contributed by atoms with Gasteiger partial charge in [0.15, 0.2) is 5.96 Å². The minimum Gasteiger partial charge on any atom is -0.357 e. The summed E-state index contributed by atoms with van der Waals surface area (Å²) in [6.07, 6.45) is 2.54. The molecule has 1 aromatic rings. The molecule has 0 heterocycles. The lowest BCUT2D eigenvalue weighted by Crippen LogP contribution is -2.38. The Kier molecular flexibility index (Phi) is 4.24. The fraction of sp³-hybridized carbons (Fsp3) is 0.533.